The number of benzene rings is 2. The molecule has 4 rings (SSSR count). The number of carbonyl (C=O) groups is 1. The summed E-state index contributed by atoms with van der Waals surface area (Å²) >= 11 is 0. The van der Waals surface area contributed by atoms with Crippen molar-refractivity contribution < 1.29 is 22.4 Å². The van der Waals surface area contributed by atoms with Gasteiger partial charge in [0.1, 0.15) is 11.5 Å². The molecule has 1 unspecified atom stereocenters. The normalized spacial score (nSPS) is 15.9. The minimum atomic E-state index is -3.84. The third kappa shape index (κ3) is 4.18. The monoisotopic (exact) mass is 426 g/mol. The highest BCUT2D eigenvalue weighted by atomic mass is 32.2. The van der Waals surface area contributed by atoms with Gasteiger partial charge in [0, 0.05) is 13.0 Å². The number of furan rings is 1. The van der Waals surface area contributed by atoms with Crippen molar-refractivity contribution in [3.8, 4) is 5.75 Å². The number of ether oxygens (including phenoxy) is 1. The molecule has 7 nitrogen and oxygen atoms in total. The van der Waals surface area contributed by atoms with Crippen LogP contribution in [0.4, 0.5) is 5.69 Å². The van der Waals surface area contributed by atoms with Crippen molar-refractivity contribution >= 4 is 21.6 Å². The lowest BCUT2D eigenvalue weighted by Crippen LogP contribution is -2.50. The molecule has 0 aliphatic carbocycles. The van der Waals surface area contributed by atoms with Gasteiger partial charge in [-0.15, -0.1) is 0 Å². The number of sulfonamides is 1. The Kier molecular flexibility index (Phi) is 5.76. The number of para-hydroxylation sites is 2. The van der Waals surface area contributed by atoms with Crippen molar-refractivity contribution in [2.75, 3.05) is 17.4 Å². The summed E-state index contributed by atoms with van der Waals surface area (Å²) < 4.78 is 38.8. The Morgan fingerprint density at radius 2 is 1.80 bits per heavy atom. The number of hydrogen-bond donors (Lipinski definition) is 1. The van der Waals surface area contributed by atoms with Crippen molar-refractivity contribution in [1.82, 2.24) is 5.32 Å². The number of amides is 1. The fraction of sp³-hybridized carbons (Fsp3) is 0.227. The first-order valence-electron chi connectivity index (χ1n) is 9.69. The van der Waals surface area contributed by atoms with Gasteiger partial charge < -0.3 is 14.5 Å². The number of hydrogen-bond acceptors (Lipinski definition) is 5. The lowest BCUT2D eigenvalue weighted by molar-refractivity contribution is -0.127. The summed E-state index contributed by atoms with van der Waals surface area (Å²) in [6.07, 6.45) is 2.08. The summed E-state index contributed by atoms with van der Waals surface area (Å²) in [5, 5.41) is 2.83. The number of nitrogens with zero attached hydrogens (tertiary/aromatic N) is 1. The molecule has 8 heteroatoms. The molecule has 2 heterocycles. The van der Waals surface area contributed by atoms with Gasteiger partial charge in [-0.2, -0.15) is 0 Å². The molecule has 0 fully saturated rings. The van der Waals surface area contributed by atoms with Crippen LogP contribution in [-0.4, -0.2) is 33.5 Å². The van der Waals surface area contributed by atoms with Crippen LogP contribution in [0.3, 0.4) is 0 Å². The Labute approximate surface area is 175 Å². The molecule has 1 aliphatic heterocycles. The standard InChI is InChI=1S/C22H22N2O5S/c25-22(23-14-6-8-17-9-7-15-28-17)21-16-24(19-12-4-5-13-20(19)29-21)30(26,27)18-10-2-1-3-11-18/h1-5,7,9-13,15,21H,6,8,14,16H2,(H,23,25). The van der Waals surface area contributed by atoms with Gasteiger partial charge in [-0.25, -0.2) is 8.42 Å². The van der Waals surface area contributed by atoms with Crippen LogP contribution in [0.2, 0.25) is 0 Å². The fourth-order valence-corrected chi connectivity index (χ4v) is 4.83. The van der Waals surface area contributed by atoms with Crippen LogP contribution in [-0.2, 0) is 21.2 Å². The average Bonchev–Trinajstić information content (AvgIpc) is 3.30. The second-order valence-electron chi connectivity index (χ2n) is 6.90. The third-order valence-electron chi connectivity index (χ3n) is 4.84. The van der Waals surface area contributed by atoms with Gasteiger partial charge in [-0.05, 0) is 42.8 Å². The minimum Gasteiger partial charge on any atom is -0.476 e. The highest BCUT2D eigenvalue weighted by Gasteiger charge is 2.37. The van der Waals surface area contributed by atoms with Crippen molar-refractivity contribution in [2.24, 2.45) is 0 Å². The van der Waals surface area contributed by atoms with Crippen molar-refractivity contribution in [3.05, 3.63) is 78.8 Å². The highest BCUT2D eigenvalue weighted by Crippen LogP contribution is 2.36. The Hall–Kier alpha value is -3.26. The maximum absolute atomic E-state index is 13.2. The molecule has 1 N–H and O–H groups in total. The molecule has 30 heavy (non-hydrogen) atoms. The molecular weight excluding hydrogens is 404 g/mol. The largest absolute Gasteiger partial charge is 0.476 e. The first-order chi connectivity index (χ1) is 14.6. The van der Waals surface area contributed by atoms with Gasteiger partial charge in [0.15, 0.2) is 6.10 Å². The Bertz CT molecular complexity index is 1100. The topological polar surface area (TPSA) is 88.9 Å². The molecule has 1 amide bonds. The molecule has 0 saturated heterocycles. The summed E-state index contributed by atoms with van der Waals surface area (Å²) in [5.41, 5.74) is 0.420. The fourth-order valence-electron chi connectivity index (χ4n) is 3.33. The first-order valence-corrected chi connectivity index (χ1v) is 11.1. The minimum absolute atomic E-state index is 0.0990. The van der Waals surface area contributed by atoms with E-state index in [1.165, 1.54) is 16.4 Å². The molecule has 156 valence electrons. The lowest BCUT2D eigenvalue weighted by Gasteiger charge is -2.34. The SMILES string of the molecule is O=C(NCCCc1ccco1)C1CN(S(=O)(=O)c2ccccc2)c2ccccc2O1. The van der Waals surface area contributed by atoms with Crippen LogP contribution in [0.25, 0.3) is 0 Å². The number of nitrogens with one attached hydrogen (secondary N) is 1. The lowest BCUT2D eigenvalue weighted by atomic mass is 10.2. The van der Waals surface area contributed by atoms with E-state index in [-0.39, 0.29) is 17.3 Å². The van der Waals surface area contributed by atoms with Crippen molar-refractivity contribution in [2.45, 2.75) is 23.8 Å². The molecular formula is C22H22N2O5S. The Morgan fingerprint density at radius 3 is 2.57 bits per heavy atom. The predicted octanol–water partition coefficient (Wildman–Crippen LogP) is 2.98. The summed E-state index contributed by atoms with van der Waals surface area (Å²) in [7, 11) is -3.84. The van der Waals surface area contributed by atoms with E-state index >= 15 is 0 Å². The summed E-state index contributed by atoms with van der Waals surface area (Å²) in [6.45, 7) is 0.338. The van der Waals surface area contributed by atoms with Gasteiger partial charge in [0.25, 0.3) is 15.9 Å². The van der Waals surface area contributed by atoms with Gasteiger partial charge in [0.05, 0.1) is 23.4 Å². The predicted molar refractivity (Wildman–Crippen MR) is 112 cm³/mol. The van der Waals surface area contributed by atoms with E-state index in [4.69, 9.17) is 9.15 Å². The maximum atomic E-state index is 13.2. The number of carbonyl (C=O) groups excluding carboxylic acids is 1. The summed E-state index contributed by atoms with van der Waals surface area (Å²) in [4.78, 5) is 12.9. The zero-order valence-electron chi connectivity index (χ0n) is 16.2. The Morgan fingerprint density at radius 1 is 1.03 bits per heavy atom. The summed E-state index contributed by atoms with van der Waals surface area (Å²) in [6, 6.07) is 18.7. The van der Waals surface area contributed by atoms with Crippen molar-refractivity contribution in [1.29, 1.82) is 0 Å². The van der Waals surface area contributed by atoms with Gasteiger partial charge in [-0.3, -0.25) is 9.10 Å². The second-order valence-corrected chi connectivity index (χ2v) is 8.76. The molecule has 1 atom stereocenters. The van der Waals surface area contributed by atoms with E-state index in [1.54, 1.807) is 48.7 Å². The molecule has 1 aromatic heterocycles. The van der Waals surface area contributed by atoms with Crippen LogP contribution >= 0.6 is 0 Å². The van der Waals surface area contributed by atoms with E-state index in [1.807, 2.05) is 12.1 Å². The zero-order valence-corrected chi connectivity index (χ0v) is 17.0. The summed E-state index contributed by atoms with van der Waals surface area (Å²) in [5.74, 6) is 0.864. The van der Waals surface area contributed by atoms with Gasteiger partial charge in [0.2, 0.25) is 0 Å². The molecule has 0 bridgehead atoms. The number of fused-ring (bicyclic) bond motifs is 1. The van der Waals surface area contributed by atoms with Gasteiger partial charge >= 0.3 is 0 Å². The highest BCUT2D eigenvalue weighted by molar-refractivity contribution is 7.92. The van der Waals surface area contributed by atoms with E-state index in [0.29, 0.717) is 30.8 Å². The first kappa shape index (κ1) is 20.0. The molecule has 0 saturated carbocycles. The zero-order chi connectivity index (χ0) is 21.0. The van der Waals surface area contributed by atoms with Crippen LogP contribution in [0.5, 0.6) is 5.75 Å². The number of aryl methyl sites for hydroxylation is 1. The van der Waals surface area contributed by atoms with Crippen LogP contribution in [0, 0.1) is 0 Å². The van der Waals surface area contributed by atoms with E-state index in [9.17, 15) is 13.2 Å². The Balaban J connectivity index is 1.49. The molecule has 1 aliphatic rings. The van der Waals surface area contributed by atoms with Crippen molar-refractivity contribution in [3.63, 3.8) is 0 Å². The van der Waals surface area contributed by atoms with E-state index in [0.717, 1.165) is 5.76 Å². The molecule has 2 aromatic carbocycles. The number of rotatable bonds is 7. The average molecular weight is 426 g/mol. The van der Waals surface area contributed by atoms with Gasteiger partial charge in [-0.1, -0.05) is 30.3 Å². The maximum Gasteiger partial charge on any atom is 0.264 e. The van der Waals surface area contributed by atoms with Crippen LogP contribution in [0.1, 0.15) is 12.2 Å². The molecule has 3 aromatic rings. The quantitative estimate of drug-likeness (QED) is 0.587. The van der Waals surface area contributed by atoms with E-state index < -0.39 is 16.1 Å². The molecule has 0 radical (unpaired) electrons. The second kappa shape index (κ2) is 8.62. The number of anilines is 1. The third-order valence-corrected chi connectivity index (χ3v) is 6.63. The van der Waals surface area contributed by atoms with Crippen LogP contribution in [0.15, 0.2) is 82.3 Å². The molecule has 0 spiro atoms. The van der Waals surface area contributed by atoms with E-state index in [2.05, 4.69) is 5.32 Å². The smallest absolute Gasteiger partial charge is 0.264 e. The van der Waals surface area contributed by atoms with Crippen LogP contribution < -0.4 is 14.4 Å².